The van der Waals surface area contributed by atoms with Gasteiger partial charge in [0.05, 0.1) is 17.6 Å². The Balaban J connectivity index is 1.81. The quantitative estimate of drug-likeness (QED) is 0.447. The summed E-state index contributed by atoms with van der Waals surface area (Å²) >= 11 is 0. The third-order valence-corrected chi connectivity index (χ3v) is 6.51. The number of amides is 2. The van der Waals surface area contributed by atoms with Gasteiger partial charge in [0.15, 0.2) is 0 Å². The summed E-state index contributed by atoms with van der Waals surface area (Å²) in [4.78, 5) is 14.0. The first-order valence-electron chi connectivity index (χ1n) is 10.5. The highest BCUT2D eigenvalue weighted by Crippen LogP contribution is 2.32. The number of carbonyl (C=O) groups is 1. The molecule has 0 saturated heterocycles. The number of alkyl halides is 3. The average molecular weight is 508 g/mol. The van der Waals surface area contributed by atoms with Crippen LogP contribution in [0.3, 0.4) is 0 Å². The Kier molecular flexibility index (Phi) is 8.03. The van der Waals surface area contributed by atoms with Crippen molar-refractivity contribution in [2.75, 3.05) is 30.4 Å². The predicted molar refractivity (Wildman–Crippen MR) is 127 cm³/mol. The number of sulfonamides is 1. The molecule has 0 saturated carbocycles. The molecule has 2 N–H and O–H groups in total. The molecule has 2 amide bonds. The molecule has 0 bridgehead atoms. The van der Waals surface area contributed by atoms with E-state index in [1.807, 2.05) is 6.92 Å². The summed E-state index contributed by atoms with van der Waals surface area (Å²) < 4.78 is 72.3. The van der Waals surface area contributed by atoms with Crippen molar-refractivity contribution in [1.82, 2.24) is 4.72 Å². The van der Waals surface area contributed by atoms with E-state index in [4.69, 9.17) is 4.74 Å². The van der Waals surface area contributed by atoms with Crippen molar-refractivity contribution in [2.24, 2.45) is 0 Å². The molecule has 7 nitrogen and oxygen atoms in total. The summed E-state index contributed by atoms with van der Waals surface area (Å²) in [6.07, 6.45) is -4.61. The van der Waals surface area contributed by atoms with Crippen LogP contribution < -0.4 is 19.7 Å². The summed E-state index contributed by atoms with van der Waals surface area (Å²) in [6, 6.07) is 16.1. The number of hydrogen-bond acceptors (Lipinski definition) is 4. The molecule has 0 aliphatic rings. The number of ether oxygens (including phenoxy) is 1. The number of urea groups is 1. The van der Waals surface area contributed by atoms with Crippen molar-refractivity contribution in [3.05, 3.63) is 83.9 Å². The topological polar surface area (TPSA) is 87.7 Å². The molecule has 0 aromatic heterocycles. The Morgan fingerprint density at radius 3 is 2.26 bits per heavy atom. The van der Waals surface area contributed by atoms with Crippen molar-refractivity contribution in [2.45, 2.75) is 18.0 Å². The fraction of sp³-hybridized carbons (Fsp3) is 0.208. The minimum Gasteiger partial charge on any atom is -0.497 e. The number of hydrogen-bond donors (Lipinski definition) is 2. The Bertz CT molecular complexity index is 1260. The van der Waals surface area contributed by atoms with Crippen molar-refractivity contribution in [3.8, 4) is 5.75 Å². The molecule has 3 aromatic rings. The number of halogens is 3. The minimum atomic E-state index is -4.61. The first-order chi connectivity index (χ1) is 16.5. The molecule has 0 fully saturated rings. The Labute approximate surface area is 201 Å². The van der Waals surface area contributed by atoms with Crippen LogP contribution in [0.25, 0.3) is 0 Å². The van der Waals surface area contributed by atoms with Gasteiger partial charge >= 0.3 is 12.2 Å². The Morgan fingerprint density at radius 1 is 1.00 bits per heavy atom. The molecule has 0 aliphatic heterocycles. The summed E-state index contributed by atoms with van der Waals surface area (Å²) in [6.45, 7) is 1.40. The van der Waals surface area contributed by atoms with E-state index in [1.165, 1.54) is 43.5 Å². The van der Waals surface area contributed by atoms with E-state index in [1.54, 1.807) is 24.3 Å². The van der Waals surface area contributed by atoms with E-state index in [0.29, 0.717) is 11.4 Å². The minimum absolute atomic E-state index is 0.0203. The first kappa shape index (κ1) is 26.0. The largest absolute Gasteiger partial charge is 0.497 e. The molecule has 0 spiro atoms. The van der Waals surface area contributed by atoms with Crippen LogP contribution in [-0.4, -0.2) is 34.6 Å². The SMILES string of the molecule is COc1ccc(S(=O)(=O)NCCN(C(=O)Nc2ccc(C)cc2)c2cccc(C(F)(F)F)c2)cc1. The van der Waals surface area contributed by atoms with Crippen molar-refractivity contribution in [3.63, 3.8) is 0 Å². The summed E-state index contributed by atoms with van der Waals surface area (Å²) in [5.74, 6) is 0.479. The number of anilines is 2. The molecular weight excluding hydrogens is 483 g/mol. The standard InChI is InChI=1S/C24H24F3N3O4S/c1-17-6-8-19(9-7-17)29-23(31)30(20-5-3-4-18(16-20)24(25,26)27)15-14-28-35(32,33)22-12-10-21(34-2)11-13-22/h3-13,16,28H,14-15H2,1-2H3,(H,29,31). The summed E-state index contributed by atoms with van der Waals surface area (Å²) in [5.41, 5.74) is 0.442. The number of nitrogens with zero attached hydrogens (tertiary/aromatic N) is 1. The van der Waals surface area contributed by atoms with Crippen LogP contribution in [0.4, 0.5) is 29.3 Å². The fourth-order valence-electron chi connectivity index (χ4n) is 3.16. The number of carbonyl (C=O) groups excluding carboxylic acids is 1. The van der Waals surface area contributed by atoms with Gasteiger partial charge in [-0.05, 0) is 61.5 Å². The fourth-order valence-corrected chi connectivity index (χ4v) is 4.18. The second kappa shape index (κ2) is 10.8. The number of methoxy groups -OCH3 is 1. The van der Waals surface area contributed by atoms with Crippen LogP contribution in [-0.2, 0) is 16.2 Å². The maximum atomic E-state index is 13.2. The zero-order valence-electron chi connectivity index (χ0n) is 19.0. The van der Waals surface area contributed by atoms with E-state index in [2.05, 4.69) is 10.0 Å². The van der Waals surface area contributed by atoms with E-state index in [9.17, 15) is 26.4 Å². The van der Waals surface area contributed by atoms with E-state index >= 15 is 0 Å². The number of benzene rings is 3. The van der Waals surface area contributed by atoms with Gasteiger partial charge in [0.1, 0.15) is 5.75 Å². The van der Waals surface area contributed by atoms with Gasteiger partial charge < -0.3 is 10.1 Å². The van der Waals surface area contributed by atoms with Crippen LogP contribution in [0.2, 0.25) is 0 Å². The number of aryl methyl sites for hydroxylation is 1. The molecule has 3 rings (SSSR count). The van der Waals surface area contributed by atoms with Gasteiger partial charge in [-0.1, -0.05) is 23.8 Å². The molecule has 0 aliphatic carbocycles. The van der Waals surface area contributed by atoms with Crippen LogP contribution in [0.15, 0.2) is 77.7 Å². The predicted octanol–water partition coefficient (Wildman–Crippen LogP) is 5.04. The summed E-state index contributed by atoms with van der Waals surface area (Å²) in [5, 5.41) is 2.63. The molecule has 0 atom stereocenters. The lowest BCUT2D eigenvalue weighted by atomic mass is 10.2. The van der Waals surface area contributed by atoms with Crippen molar-refractivity contribution in [1.29, 1.82) is 0 Å². The molecule has 35 heavy (non-hydrogen) atoms. The zero-order valence-corrected chi connectivity index (χ0v) is 19.8. The highest BCUT2D eigenvalue weighted by atomic mass is 32.2. The molecule has 11 heteroatoms. The first-order valence-corrected chi connectivity index (χ1v) is 11.9. The molecule has 0 heterocycles. The number of rotatable bonds is 8. The monoisotopic (exact) mass is 507 g/mol. The second-order valence-corrected chi connectivity index (χ2v) is 9.34. The summed E-state index contributed by atoms with van der Waals surface area (Å²) in [7, 11) is -2.48. The van der Waals surface area contributed by atoms with Crippen LogP contribution >= 0.6 is 0 Å². The maximum Gasteiger partial charge on any atom is 0.416 e. The normalized spacial score (nSPS) is 11.7. The van der Waals surface area contributed by atoms with Gasteiger partial charge in [0.25, 0.3) is 0 Å². The van der Waals surface area contributed by atoms with Gasteiger partial charge in [0.2, 0.25) is 10.0 Å². The smallest absolute Gasteiger partial charge is 0.416 e. The molecule has 0 unspecified atom stereocenters. The van der Waals surface area contributed by atoms with E-state index in [0.717, 1.165) is 22.6 Å². The molecular formula is C24H24F3N3O4S. The number of nitrogens with one attached hydrogen (secondary N) is 2. The lowest BCUT2D eigenvalue weighted by Gasteiger charge is -2.24. The second-order valence-electron chi connectivity index (χ2n) is 7.57. The zero-order chi connectivity index (χ0) is 25.6. The van der Waals surface area contributed by atoms with E-state index < -0.39 is 27.8 Å². The van der Waals surface area contributed by atoms with Crippen LogP contribution in [0, 0.1) is 6.92 Å². The third kappa shape index (κ3) is 6.96. The Morgan fingerprint density at radius 2 is 1.66 bits per heavy atom. The molecule has 0 radical (unpaired) electrons. The lowest BCUT2D eigenvalue weighted by Crippen LogP contribution is -2.41. The molecule has 186 valence electrons. The van der Waals surface area contributed by atoms with Crippen LogP contribution in [0.5, 0.6) is 5.75 Å². The van der Waals surface area contributed by atoms with Crippen molar-refractivity contribution >= 4 is 27.4 Å². The van der Waals surface area contributed by atoms with Gasteiger partial charge in [-0.15, -0.1) is 0 Å². The van der Waals surface area contributed by atoms with E-state index in [-0.39, 0.29) is 23.7 Å². The van der Waals surface area contributed by atoms with Crippen molar-refractivity contribution < 1.29 is 31.1 Å². The lowest BCUT2D eigenvalue weighted by molar-refractivity contribution is -0.137. The molecule has 3 aromatic carbocycles. The highest BCUT2D eigenvalue weighted by Gasteiger charge is 2.31. The van der Waals surface area contributed by atoms with Crippen LogP contribution in [0.1, 0.15) is 11.1 Å². The Hall–Kier alpha value is -3.57. The van der Waals surface area contributed by atoms with Gasteiger partial charge in [-0.3, -0.25) is 4.90 Å². The average Bonchev–Trinajstić information content (AvgIpc) is 2.83. The highest BCUT2D eigenvalue weighted by molar-refractivity contribution is 7.89. The van der Waals surface area contributed by atoms with Gasteiger partial charge in [-0.25, -0.2) is 17.9 Å². The third-order valence-electron chi connectivity index (χ3n) is 5.03. The maximum absolute atomic E-state index is 13.2. The van der Waals surface area contributed by atoms with Gasteiger partial charge in [0, 0.05) is 24.5 Å². The van der Waals surface area contributed by atoms with Gasteiger partial charge in [-0.2, -0.15) is 13.2 Å².